The normalized spacial score (nSPS) is 11.3. The van der Waals surface area contributed by atoms with Crippen LogP contribution < -0.4 is 4.74 Å². The van der Waals surface area contributed by atoms with Gasteiger partial charge in [0.15, 0.2) is 0 Å². The maximum absolute atomic E-state index is 11.5. The lowest BCUT2D eigenvalue weighted by atomic mass is 9.85. The number of hydrogen-bond acceptors (Lipinski definition) is 5. The number of thioether (sulfide) groups is 1. The number of hydrogen-bond donors (Lipinski definition) is 3. The van der Waals surface area contributed by atoms with Crippen LogP contribution in [0.4, 0.5) is 0 Å². The molecule has 3 aromatic rings. The number of aliphatic carboxylic acids is 1. The second-order valence-corrected chi connectivity index (χ2v) is 10.6. The summed E-state index contributed by atoms with van der Waals surface area (Å²) in [7, 11) is 0. The molecular formula is C29H32ClNO4S. The SMILES string of the molecule is CCCc1c(OCCCSc2ccc(C(C)(C)C(=O)O)cc2Cl)ccc(C(=N)c2ccccc2)c1O. The Bertz CT molecular complexity index is 1230. The second kappa shape index (κ2) is 12.3. The summed E-state index contributed by atoms with van der Waals surface area (Å²) < 4.78 is 6.03. The molecule has 0 amide bonds. The van der Waals surface area contributed by atoms with Gasteiger partial charge in [-0.05, 0) is 56.5 Å². The van der Waals surface area contributed by atoms with E-state index in [0.717, 1.165) is 34.6 Å². The summed E-state index contributed by atoms with van der Waals surface area (Å²) in [6, 6.07) is 18.4. The third-order valence-electron chi connectivity index (χ3n) is 6.06. The van der Waals surface area contributed by atoms with Crippen LogP contribution in [0.2, 0.25) is 5.02 Å². The topological polar surface area (TPSA) is 90.6 Å². The third-order valence-corrected chi connectivity index (χ3v) is 7.65. The zero-order chi connectivity index (χ0) is 26.3. The van der Waals surface area contributed by atoms with E-state index in [0.29, 0.717) is 34.9 Å². The number of benzene rings is 3. The molecule has 0 aliphatic carbocycles. The van der Waals surface area contributed by atoms with Crippen molar-refractivity contribution >= 4 is 35.0 Å². The molecule has 0 radical (unpaired) electrons. The number of rotatable bonds is 12. The van der Waals surface area contributed by atoms with Crippen molar-refractivity contribution in [2.45, 2.75) is 50.3 Å². The highest BCUT2D eigenvalue weighted by atomic mass is 35.5. The number of halogens is 1. The Morgan fingerprint density at radius 1 is 1.11 bits per heavy atom. The molecule has 0 aliphatic heterocycles. The molecule has 0 atom stereocenters. The first-order valence-electron chi connectivity index (χ1n) is 11.9. The van der Waals surface area contributed by atoms with Crippen molar-refractivity contribution < 1.29 is 19.7 Å². The lowest BCUT2D eigenvalue weighted by Crippen LogP contribution is -2.28. The van der Waals surface area contributed by atoms with Crippen LogP contribution in [0.15, 0.2) is 65.6 Å². The number of ether oxygens (including phenoxy) is 1. The van der Waals surface area contributed by atoms with Gasteiger partial charge in [0.1, 0.15) is 11.5 Å². The highest BCUT2D eigenvalue weighted by Gasteiger charge is 2.29. The quantitative estimate of drug-likeness (QED) is 0.131. The average Bonchev–Trinajstić information content (AvgIpc) is 2.86. The summed E-state index contributed by atoms with van der Waals surface area (Å²) in [6.45, 7) is 5.84. The van der Waals surface area contributed by atoms with Gasteiger partial charge in [0.05, 0.1) is 22.8 Å². The number of carbonyl (C=O) groups is 1. The van der Waals surface area contributed by atoms with Crippen LogP contribution in [0, 0.1) is 5.41 Å². The van der Waals surface area contributed by atoms with Gasteiger partial charge in [0.2, 0.25) is 0 Å². The van der Waals surface area contributed by atoms with E-state index in [-0.39, 0.29) is 11.5 Å². The third kappa shape index (κ3) is 6.42. The fourth-order valence-corrected chi connectivity index (χ4v) is 4.95. The summed E-state index contributed by atoms with van der Waals surface area (Å²) in [6.07, 6.45) is 2.26. The van der Waals surface area contributed by atoms with Crippen molar-refractivity contribution in [2.75, 3.05) is 12.4 Å². The van der Waals surface area contributed by atoms with Crippen molar-refractivity contribution in [3.05, 3.63) is 87.9 Å². The minimum absolute atomic E-state index is 0.105. The molecule has 5 nitrogen and oxygen atoms in total. The van der Waals surface area contributed by atoms with Crippen LogP contribution in [-0.2, 0) is 16.6 Å². The van der Waals surface area contributed by atoms with Gasteiger partial charge in [-0.3, -0.25) is 10.2 Å². The highest BCUT2D eigenvalue weighted by molar-refractivity contribution is 7.99. The van der Waals surface area contributed by atoms with Crippen molar-refractivity contribution in [3.8, 4) is 11.5 Å². The Balaban J connectivity index is 1.61. The molecule has 0 bridgehead atoms. The fraction of sp³-hybridized carbons (Fsp3) is 0.310. The Kier molecular flexibility index (Phi) is 9.46. The molecule has 7 heteroatoms. The molecule has 0 saturated carbocycles. The van der Waals surface area contributed by atoms with E-state index < -0.39 is 11.4 Å². The lowest BCUT2D eigenvalue weighted by molar-refractivity contribution is -0.142. The van der Waals surface area contributed by atoms with Crippen molar-refractivity contribution in [1.29, 1.82) is 5.41 Å². The van der Waals surface area contributed by atoms with Crippen LogP contribution in [0.25, 0.3) is 0 Å². The molecule has 0 aromatic heterocycles. The first-order chi connectivity index (χ1) is 17.2. The smallest absolute Gasteiger partial charge is 0.313 e. The van der Waals surface area contributed by atoms with Gasteiger partial charge in [-0.1, -0.05) is 61.3 Å². The van der Waals surface area contributed by atoms with E-state index in [1.165, 1.54) is 0 Å². The molecule has 3 aromatic carbocycles. The second-order valence-electron chi connectivity index (χ2n) is 9.06. The number of aromatic hydroxyl groups is 1. The number of carboxylic acid groups (broad SMARTS) is 1. The van der Waals surface area contributed by atoms with Gasteiger partial charge in [-0.2, -0.15) is 0 Å². The molecule has 3 N–H and O–H groups in total. The molecular weight excluding hydrogens is 494 g/mol. The van der Waals surface area contributed by atoms with Crippen LogP contribution in [0.5, 0.6) is 11.5 Å². The van der Waals surface area contributed by atoms with Gasteiger partial charge < -0.3 is 14.9 Å². The zero-order valence-corrected chi connectivity index (χ0v) is 22.4. The van der Waals surface area contributed by atoms with E-state index in [2.05, 4.69) is 0 Å². The number of phenols is 1. The minimum atomic E-state index is -1.00. The number of phenolic OH excluding ortho intramolecular Hbond substituents is 1. The Labute approximate surface area is 222 Å². The first-order valence-corrected chi connectivity index (χ1v) is 13.3. The summed E-state index contributed by atoms with van der Waals surface area (Å²) >= 11 is 8.01. The monoisotopic (exact) mass is 525 g/mol. The predicted molar refractivity (Wildman–Crippen MR) is 147 cm³/mol. The van der Waals surface area contributed by atoms with Crippen LogP contribution in [0.1, 0.15) is 55.9 Å². The summed E-state index contributed by atoms with van der Waals surface area (Å²) in [5, 5.41) is 29.4. The van der Waals surface area contributed by atoms with Crippen LogP contribution in [0.3, 0.4) is 0 Å². The maximum Gasteiger partial charge on any atom is 0.313 e. The van der Waals surface area contributed by atoms with Crippen molar-refractivity contribution in [3.63, 3.8) is 0 Å². The number of nitrogens with one attached hydrogen (secondary N) is 1. The average molecular weight is 526 g/mol. The van der Waals surface area contributed by atoms with Crippen LogP contribution in [-0.4, -0.2) is 34.3 Å². The van der Waals surface area contributed by atoms with Gasteiger partial charge in [0.25, 0.3) is 0 Å². The Morgan fingerprint density at radius 2 is 1.83 bits per heavy atom. The van der Waals surface area contributed by atoms with Crippen molar-refractivity contribution in [2.24, 2.45) is 0 Å². The zero-order valence-electron chi connectivity index (χ0n) is 20.8. The van der Waals surface area contributed by atoms with E-state index in [1.807, 2.05) is 55.5 Å². The summed E-state index contributed by atoms with van der Waals surface area (Å²) in [5.74, 6) is 0.623. The summed E-state index contributed by atoms with van der Waals surface area (Å²) in [4.78, 5) is 12.4. The minimum Gasteiger partial charge on any atom is -0.507 e. The highest BCUT2D eigenvalue weighted by Crippen LogP contribution is 2.35. The lowest BCUT2D eigenvalue weighted by Gasteiger charge is -2.20. The summed E-state index contributed by atoms with van der Waals surface area (Å²) in [5.41, 5.74) is 1.92. The fourth-order valence-electron chi connectivity index (χ4n) is 3.76. The maximum atomic E-state index is 11.5. The molecule has 0 heterocycles. The van der Waals surface area contributed by atoms with E-state index in [9.17, 15) is 15.0 Å². The molecule has 0 saturated heterocycles. The molecule has 190 valence electrons. The van der Waals surface area contributed by atoms with Crippen molar-refractivity contribution in [1.82, 2.24) is 0 Å². The molecule has 0 spiro atoms. The molecule has 0 unspecified atom stereocenters. The van der Waals surface area contributed by atoms with Gasteiger partial charge in [-0.15, -0.1) is 11.8 Å². The first kappa shape index (κ1) is 27.6. The van der Waals surface area contributed by atoms with Crippen LogP contribution >= 0.6 is 23.4 Å². The van der Waals surface area contributed by atoms with E-state index >= 15 is 0 Å². The Morgan fingerprint density at radius 3 is 2.47 bits per heavy atom. The van der Waals surface area contributed by atoms with Gasteiger partial charge in [0, 0.05) is 27.3 Å². The molecule has 0 aliphatic rings. The standard InChI is InChI=1S/C29H32ClNO4S/c1-4-9-21-24(14-13-22(27(21)32)26(31)19-10-6-5-7-11-19)35-16-8-17-36-25-15-12-20(18-23(25)30)29(2,3)28(33)34/h5-7,10-15,18,31-32H,4,8-9,16-17H2,1-3H3,(H,33,34). The molecule has 36 heavy (non-hydrogen) atoms. The van der Waals surface area contributed by atoms with E-state index in [1.54, 1.807) is 37.7 Å². The Hall–Kier alpha value is -2.96. The number of carboxylic acids is 1. The molecule has 3 rings (SSSR count). The molecule has 0 fully saturated rings. The van der Waals surface area contributed by atoms with Gasteiger partial charge in [-0.25, -0.2) is 0 Å². The predicted octanol–water partition coefficient (Wildman–Crippen LogP) is 7.34. The van der Waals surface area contributed by atoms with E-state index in [4.69, 9.17) is 21.7 Å². The largest absolute Gasteiger partial charge is 0.507 e. The van der Waals surface area contributed by atoms with Gasteiger partial charge >= 0.3 is 5.97 Å².